The second-order valence-electron chi connectivity index (χ2n) is 5.23. The summed E-state index contributed by atoms with van der Waals surface area (Å²) in [7, 11) is 0. The molecule has 0 unspecified atom stereocenters. The second-order valence-corrected chi connectivity index (χ2v) is 7.02. The lowest BCUT2D eigenvalue weighted by molar-refractivity contribution is 0.102. The van der Waals surface area contributed by atoms with Gasteiger partial charge in [0.15, 0.2) is 4.96 Å². The Kier molecular flexibility index (Phi) is 3.92. The van der Waals surface area contributed by atoms with Gasteiger partial charge in [-0.3, -0.25) is 9.20 Å². The van der Waals surface area contributed by atoms with Crippen molar-refractivity contribution >= 4 is 43.8 Å². The number of aromatic nitrogens is 2. The van der Waals surface area contributed by atoms with Crippen LogP contribution in [0.4, 0.5) is 5.69 Å². The highest BCUT2D eigenvalue weighted by Gasteiger charge is 2.13. The lowest BCUT2D eigenvalue weighted by Crippen LogP contribution is -2.12. The number of rotatable bonds is 3. The van der Waals surface area contributed by atoms with Gasteiger partial charge in [0.25, 0.3) is 5.91 Å². The first kappa shape index (κ1) is 15.1. The number of carbonyl (C=O) groups is 1. The third-order valence-electron chi connectivity index (χ3n) is 3.63. The average molecular weight is 398 g/mol. The molecule has 2 heterocycles. The predicted molar refractivity (Wildman–Crippen MR) is 101 cm³/mol. The molecular weight excluding hydrogens is 386 g/mol. The number of benzene rings is 2. The molecule has 0 atom stereocenters. The number of anilines is 1. The van der Waals surface area contributed by atoms with Crippen molar-refractivity contribution in [3.05, 3.63) is 76.3 Å². The van der Waals surface area contributed by atoms with Crippen LogP contribution in [0.25, 0.3) is 16.2 Å². The van der Waals surface area contributed by atoms with E-state index in [2.05, 4.69) is 26.2 Å². The first-order chi connectivity index (χ1) is 11.7. The zero-order valence-electron chi connectivity index (χ0n) is 12.4. The summed E-state index contributed by atoms with van der Waals surface area (Å²) in [5.74, 6) is -0.148. The van der Waals surface area contributed by atoms with Gasteiger partial charge < -0.3 is 5.32 Å². The minimum absolute atomic E-state index is 0.148. The summed E-state index contributed by atoms with van der Waals surface area (Å²) < 4.78 is 2.85. The Morgan fingerprint density at radius 1 is 1.17 bits per heavy atom. The van der Waals surface area contributed by atoms with E-state index >= 15 is 0 Å². The SMILES string of the molecule is O=C(Nc1ccccc1-c1cn2ccsc2n1)c1cccc(Br)c1. The maximum absolute atomic E-state index is 12.5. The molecule has 2 aromatic heterocycles. The summed E-state index contributed by atoms with van der Waals surface area (Å²) in [5.41, 5.74) is 3.09. The fraction of sp³-hybridized carbons (Fsp3) is 0. The van der Waals surface area contributed by atoms with Crippen LogP contribution in [0.3, 0.4) is 0 Å². The molecule has 0 saturated carbocycles. The molecular formula is C18H12BrN3OS. The molecule has 2 aromatic carbocycles. The zero-order chi connectivity index (χ0) is 16.5. The molecule has 0 saturated heterocycles. The number of imidazole rings is 1. The van der Waals surface area contributed by atoms with Gasteiger partial charge in [0.05, 0.1) is 11.4 Å². The van der Waals surface area contributed by atoms with E-state index in [1.807, 2.05) is 58.6 Å². The maximum Gasteiger partial charge on any atom is 0.255 e. The summed E-state index contributed by atoms with van der Waals surface area (Å²) in [6, 6.07) is 15.0. The van der Waals surface area contributed by atoms with Crippen LogP contribution >= 0.6 is 27.3 Å². The van der Waals surface area contributed by atoms with E-state index in [0.29, 0.717) is 5.56 Å². The molecule has 0 aliphatic carbocycles. The van der Waals surface area contributed by atoms with Crippen LogP contribution in [0.15, 0.2) is 70.8 Å². The van der Waals surface area contributed by atoms with Crippen LogP contribution in [-0.4, -0.2) is 15.3 Å². The van der Waals surface area contributed by atoms with E-state index < -0.39 is 0 Å². The van der Waals surface area contributed by atoms with Crippen molar-refractivity contribution < 1.29 is 4.79 Å². The van der Waals surface area contributed by atoms with Gasteiger partial charge >= 0.3 is 0 Å². The van der Waals surface area contributed by atoms with Crippen LogP contribution in [0.1, 0.15) is 10.4 Å². The minimum Gasteiger partial charge on any atom is -0.321 e. The number of hydrogen-bond acceptors (Lipinski definition) is 3. The van der Waals surface area contributed by atoms with Gasteiger partial charge in [-0.05, 0) is 24.3 Å². The molecule has 0 fully saturated rings. The van der Waals surface area contributed by atoms with Crippen LogP contribution in [0, 0.1) is 0 Å². The number of amides is 1. The Balaban J connectivity index is 1.69. The van der Waals surface area contributed by atoms with Crippen molar-refractivity contribution in [1.29, 1.82) is 0 Å². The molecule has 6 heteroatoms. The van der Waals surface area contributed by atoms with Crippen LogP contribution in [-0.2, 0) is 0 Å². The maximum atomic E-state index is 12.5. The lowest BCUT2D eigenvalue weighted by atomic mass is 10.1. The summed E-state index contributed by atoms with van der Waals surface area (Å²) in [6.07, 6.45) is 3.94. The van der Waals surface area contributed by atoms with Gasteiger partial charge in [0.1, 0.15) is 0 Å². The second kappa shape index (κ2) is 6.22. The minimum atomic E-state index is -0.148. The fourth-order valence-electron chi connectivity index (χ4n) is 2.50. The number of halogens is 1. The highest BCUT2D eigenvalue weighted by Crippen LogP contribution is 2.29. The van der Waals surface area contributed by atoms with Crippen molar-refractivity contribution in [1.82, 2.24) is 9.38 Å². The lowest BCUT2D eigenvalue weighted by Gasteiger charge is -2.09. The molecule has 4 rings (SSSR count). The molecule has 0 radical (unpaired) electrons. The Morgan fingerprint density at radius 2 is 2.04 bits per heavy atom. The summed E-state index contributed by atoms with van der Waals surface area (Å²) in [4.78, 5) is 18.1. The van der Waals surface area contributed by atoms with E-state index in [0.717, 1.165) is 26.4 Å². The van der Waals surface area contributed by atoms with Gasteiger partial charge in [-0.25, -0.2) is 4.98 Å². The number of thiazole rings is 1. The monoisotopic (exact) mass is 397 g/mol. The van der Waals surface area contributed by atoms with E-state index in [1.54, 1.807) is 23.5 Å². The molecule has 0 bridgehead atoms. The van der Waals surface area contributed by atoms with Crippen molar-refractivity contribution in [3.63, 3.8) is 0 Å². The highest BCUT2D eigenvalue weighted by molar-refractivity contribution is 9.10. The largest absolute Gasteiger partial charge is 0.321 e. The zero-order valence-corrected chi connectivity index (χ0v) is 14.8. The first-order valence-corrected chi connectivity index (χ1v) is 8.96. The van der Waals surface area contributed by atoms with Crippen molar-refractivity contribution in [2.45, 2.75) is 0 Å². The number of nitrogens with zero attached hydrogens (tertiary/aromatic N) is 2. The van der Waals surface area contributed by atoms with Crippen molar-refractivity contribution in [2.24, 2.45) is 0 Å². The van der Waals surface area contributed by atoms with E-state index in [4.69, 9.17) is 0 Å². The smallest absolute Gasteiger partial charge is 0.255 e. The molecule has 24 heavy (non-hydrogen) atoms. The van der Waals surface area contributed by atoms with Crippen molar-refractivity contribution in [2.75, 3.05) is 5.32 Å². The third-order valence-corrected chi connectivity index (χ3v) is 4.90. The summed E-state index contributed by atoms with van der Waals surface area (Å²) >= 11 is 4.97. The molecule has 1 amide bonds. The molecule has 4 nitrogen and oxygen atoms in total. The number of hydrogen-bond donors (Lipinski definition) is 1. The van der Waals surface area contributed by atoms with E-state index in [-0.39, 0.29) is 5.91 Å². The van der Waals surface area contributed by atoms with Gasteiger partial charge in [0.2, 0.25) is 0 Å². The topological polar surface area (TPSA) is 46.4 Å². The Morgan fingerprint density at radius 3 is 2.88 bits per heavy atom. The van der Waals surface area contributed by atoms with Crippen LogP contribution < -0.4 is 5.32 Å². The average Bonchev–Trinajstić information content (AvgIpc) is 3.17. The standard InChI is InChI=1S/C18H12BrN3OS/c19-13-5-3-4-12(10-13)17(23)20-15-7-2-1-6-14(15)16-11-22-8-9-24-18(22)21-16/h1-11H,(H,20,23). The normalized spacial score (nSPS) is 10.9. The van der Waals surface area contributed by atoms with E-state index in [9.17, 15) is 4.79 Å². The van der Waals surface area contributed by atoms with Gasteiger partial charge in [-0.2, -0.15) is 0 Å². The molecule has 1 N–H and O–H groups in total. The predicted octanol–water partition coefficient (Wildman–Crippen LogP) is 5.08. The van der Waals surface area contributed by atoms with Crippen LogP contribution in [0.2, 0.25) is 0 Å². The third kappa shape index (κ3) is 2.86. The van der Waals surface area contributed by atoms with Crippen molar-refractivity contribution in [3.8, 4) is 11.3 Å². The van der Waals surface area contributed by atoms with Crippen LogP contribution in [0.5, 0.6) is 0 Å². The van der Waals surface area contributed by atoms with Gasteiger partial charge in [-0.15, -0.1) is 11.3 Å². The highest BCUT2D eigenvalue weighted by atomic mass is 79.9. The number of para-hydroxylation sites is 1. The molecule has 0 aliphatic rings. The Labute approximate surface area is 150 Å². The summed E-state index contributed by atoms with van der Waals surface area (Å²) in [5, 5.41) is 4.98. The fourth-order valence-corrected chi connectivity index (χ4v) is 3.60. The first-order valence-electron chi connectivity index (χ1n) is 7.29. The number of carbonyl (C=O) groups excluding carboxylic acids is 1. The molecule has 0 aliphatic heterocycles. The van der Waals surface area contributed by atoms with Gasteiger partial charge in [-0.1, -0.05) is 40.2 Å². The molecule has 118 valence electrons. The van der Waals surface area contributed by atoms with Gasteiger partial charge in [0, 0.05) is 33.4 Å². The molecule has 4 aromatic rings. The summed E-state index contributed by atoms with van der Waals surface area (Å²) in [6.45, 7) is 0. The Bertz CT molecular complexity index is 1010. The molecule has 0 spiro atoms. The Hall–Kier alpha value is -2.44. The number of nitrogens with one attached hydrogen (secondary N) is 1. The quantitative estimate of drug-likeness (QED) is 0.523. The van der Waals surface area contributed by atoms with E-state index in [1.165, 1.54) is 0 Å². The number of fused-ring (bicyclic) bond motifs is 1.